The van der Waals surface area contributed by atoms with Gasteiger partial charge in [0.25, 0.3) is 0 Å². The van der Waals surface area contributed by atoms with E-state index >= 15 is 0 Å². The van der Waals surface area contributed by atoms with Gasteiger partial charge in [0.1, 0.15) is 12.1 Å². The summed E-state index contributed by atoms with van der Waals surface area (Å²) in [4.78, 5) is 69.7. The highest BCUT2D eigenvalue weighted by atomic mass is 16.3. The number of aliphatic hydroxyl groups excluding tert-OH is 1. The number of nitrogens with zero attached hydrogens (tertiary/aromatic N) is 3. The molecule has 0 aromatic carbocycles. The standard InChI is InChI=1S/C23H38N6O6/c1-14(25-2)19(31)12-27-9-3-6-16(27)20(32)21(33)17-7-4-10-28(17)23(35)18-8-5-11-29(18)22(34)15(13-30)26-24/h14-18,25-26,30H,3-13,24H2,1-2H3/t14-,15-,16-,17-,18-/m0/s1. The predicted octanol–water partition coefficient (Wildman–Crippen LogP) is -2.43. The van der Waals surface area contributed by atoms with Crippen molar-refractivity contribution >= 4 is 29.2 Å². The summed E-state index contributed by atoms with van der Waals surface area (Å²) < 4.78 is 0. The molecule has 12 nitrogen and oxygen atoms in total. The van der Waals surface area contributed by atoms with Crippen molar-refractivity contribution in [1.82, 2.24) is 25.4 Å². The molecule has 3 rings (SSSR count). The molecular weight excluding hydrogens is 456 g/mol. The molecule has 196 valence electrons. The van der Waals surface area contributed by atoms with Crippen LogP contribution in [0.3, 0.4) is 0 Å². The normalized spacial score (nSPS) is 26.7. The third kappa shape index (κ3) is 5.78. The number of rotatable bonds is 11. The minimum absolute atomic E-state index is 0.0449. The van der Waals surface area contributed by atoms with E-state index < -0.39 is 48.2 Å². The maximum atomic E-state index is 13.4. The summed E-state index contributed by atoms with van der Waals surface area (Å²) in [7, 11) is 1.69. The first kappa shape index (κ1) is 27.3. The maximum absolute atomic E-state index is 13.4. The fraction of sp³-hybridized carbons (Fsp3) is 0.783. The second-order valence-corrected chi connectivity index (χ2v) is 9.61. The summed E-state index contributed by atoms with van der Waals surface area (Å²) in [6.07, 6.45) is 3.27. The Kier molecular flexibility index (Phi) is 9.47. The Balaban J connectivity index is 1.69. The highest BCUT2D eigenvalue weighted by molar-refractivity contribution is 6.41. The highest BCUT2D eigenvalue weighted by Crippen LogP contribution is 2.27. The van der Waals surface area contributed by atoms with Gasteiger partial charge in [0.05, 0.1) is 31.3 Å². The average molecular weight is 495 g/mol. The fourth-order valence-electron chi connectivity index (χ4n) is 5.32. The van der Waals surface area contributed by atoms with Gasteiger partial charge in [-0.1, -0.05) is 0 Å². The van der Waals surface area contributed by atoms with Crippen LogP contribution in [0.25, 0.3) is 0 Å². The van der Waals surface area contributed by atoms with E-state index in [1.807, 2.05) is 0 Å². The van der Waals surface area contributed by atoms with Crippen molar-refractivity contribution in [1.29, 1.82) is 0 Å². The first-order valence-corrected chi connectivity index (χ1v) is 12.4. The lowest BCUT2D eigenvalue weighted by molar-refractivity contribution is -0.149. The van der Waals surface area contributed by atoms with Crippen molar-refractivity contribution < 1.29 is 29.1 Å². The molecule has 0 aromatic heterocycles. The van der Waals surface area contributed by atoms with Gasteiger partial charge in [0.15, 0.2) is 5.78 Å². The van der Waals surface area contributed by atoms with Crippen LogP contribution >= 0.6 is 0 Å². The van der Waals surface area contributed by atoms with Gasteiger partial charge < -0.3 is 20.2 Å². The molecule has 3 saturated heterocycles. The van der Waals surface area contributed by atoms with E-state index in [1.54, 1.807) is 18.9 Å². The van der Waals surface area contributed by atoms with Crippen LogP contribution in [0, 0.1) is 0 Å². The first-order valence-electron chi connectivity index (χ1n) is 12.4. The van der Waals surface area contributed by atoms with E-state index in [0.29, 0.717) is 51.7 Å². The molecule has 0 unspecified atom stereocenters. The number of amides is 2. The Morgan fingerprint density at radius 2 is 1.49 bits per heavy atom. The fourth-order valence-corrected chi connectivity index (χ4v) is 5.32. The summed E-state index contributed by atoms with van der Waals surface area (Å²) in [5.74, 6) is 3.33. The molecule has 2 amide bonds. The van der Waals surface area contributed by atoms with Gasteiger partial charge in [-0.05, 0) is 59.0 Å². The summed E-state index contributed by atoms with van der Waals surface area (Å²) >= 11 is 0. The molecule has 5 atom stereocenters. The van der Waals surface area contributed by atoms with Crippen molar-refractivity contribution in [3.05, 3.63) is 0 Å². The van der Waals surface area contributed by atoms with E-state index in [9.17, 15) is 29.1 Å². The zero-order chi connectivity index (χ0) is 25.7. The third-order valence-corrected chi connectivity index (χ3v) is 7.53. The average Bonchev–Trinajstić information content (AvgIpc) is 3.63. The summed E-state index contributed by atoms with van der Waals surface area (Å²) in [6.45, 7) is 2.62. The molecule has 0 saturated carbocycles. The molecule has 12 heteroatoms. The lowest BCUT2D eigenvalue weighted by Crippen LogP contribution is -2.57. The molecule has 35 heavy (non-hydrogen) atoms. The van der Waals surface area contributed by atoms with E-state index in [2.05, 4.69) is 10.7 Å². The largest absolute Gasteiger partial charge is 0.394 e. The number of Topliss-reactive ketones (excluding diaryl/α,β-unsaturated/α-hetero) is 3. The summed E-state index contributed by atoms with van der Waals surface area (Å²) in [6, 6.07) is -3.62. The first-order chi connectivity index (χ1) is 16.7. The Bertz CT molecular complexity index is 833. The molecule has 3 aliphatic heterocycles. The number of aliphatic hydroxyl groups is 1. The summed E-state index contributed by atoms with van der Waals surface area (Å²) in [5, 5.41) is 12.3. The van der Waals surface area contributed by atoms with Crippen LogP contribution in [0.2, 0.25) is 0 Å². The molecule has 0 radical (unpaired) electrons. The Morgan fingerprint density at radius 1 is 0.914 bits per heavy atom. The van der Waals surface area contributed by atoms with Crippen LogP contribution in [0.4, 0.5) is 0 Å². The number of carbonyl (C=O) groups excluding carboxylic acids is 5. The number of carbonyl (C=O) groups is 5. The highest BCUT2D eigenvalue weighted by Gasteiger charge is 2.46. The smallest absolute Gasteiger partial charge is 0.246 e. The summed E-state index contributed by atoms with van der Waals surface area (Å²) in [5.41, 5.74) is 2.26. The number of nitrogens with two attached hydrogens (primary N) is 1. The number of hydrogen-bond donors (Lipinski definition) is 4. The molecule has 0 aliphatic carbocycles. The van der Waals surface area contributed by atoms with E-state index in [-0.39, 0.29) is 24.3 Å². The van der Waals surface area contributed by atoms with Gasteiger partial charge in [0, 0.05) is 13.1 Å². The van der Waals surface area contributed by atoms with Crippen molar-refractivity contribution in [2.45, 2.75) is 75.7 Å². The van der Waals surface area contributed by atoms with Crippen molar-refractivity contribution in [3.63, 3.8) is 0 Å². The second-order valence-electron chi connectivity index (χ2n) is 9.61. The lowest BCUT2D eigenvalue weighted by atomic mass is 9.98. The van der Waals surface area contributed by atoms with Crippen molar-refractivity contribution in [3.8, 4) is 0 Å². The van der Waals surface area contributed by atoms with Crippen molar-refractivity contribution in [2.24, 2.45) is 5.84 Å². The number of hydrazine groups is 1. The van der Waals surface area contributed by atoms with Gasteiger partial charge in [-0.3, -0.25) is 34.7 Å². The second kappa shape index (κ2) is 12.1. The maximum Gasteiger partial charge on any atom is 0.246 e. The zero-order valence-corrected chi connectivity index (χ0v) is 20.6. The van der Waals surface area contributed by atoms with Gasteiger partial charge in [0.2, 0.25) is 23.4 Å². The molecular formula is C23H38N6O6. The van der Waals surface area contributed by atoms with Crippen LogP contribution in [0.15, 0.2) is 0 Å². The molecule has 0 spiro atoms. The minimum Gasteiger partial charge on any atom is -0.394 e. The number of hydrogen-bond acceptors (Lipinski definition) is 10. The molecule has 0 bridgehead atoms. The Labute approximate surface area is 205 Å². The topological polar surface area (TPSA) is 165 Å². The molecule has 5 N–H and O–H groups in total. The van der Waals surface area contributed by atoms with Gasteiger partial charge in [-0.15, -0.1) is 0 Å². The van der Waals surface area contributed by atoms with Gasteiger partial charge >= 0.3 is 0 Å². The van der Waals surface area contributed by atoms with E-state index in [1.165, 1.54) is 9.80 Å². The quantitative estimate of drug-likeness (QED) is 0.138. The monoisotopic (exact) mass is 494 g/mol. The number of ketones is 3. The van der Waals surface area contributed by atoms with Crippen LogP contribution in [0.1, 0.15) is 45.4 Å². The van der Waals surface area contributed by atoms with Gasteiger partial charge in [-0.25, -0.2) is 5.43 Å². The van der Waals surface area contributed by atoms with Crippen LogP contribution < -0.4 is 16.6 Å². The Morgan fingerprint density at radius 3 is 2.11 bits per heavy atom. The number of nitrogens with one attached hydrogen (secondary N) is 2. The number of likely N-dealkylation sites (N-methyl/N-ethyl adjacent to an activating group) is 1. The van der Waals surface area contributed by atoms with Crippen LogP contribution in [-0.2, 0) is 24.0 Å². The zero-order valence-electron chi connectivity index (χ0n) is 20.6. The van der Waals surface area contributed by atoms with Crippen LogP contribution in [0.5, 0.6) is 0 Å². The predicted molar refractivity (Wildman–Crippen MR) is 126 cm³/mol. The van der Waals surface area contributed by atoms with E-state index in [0.717, 1.165) is 6.42 Å². The molecule has 3 aliphatic rings. The Hall–Kier alpha value is -2.25. The lowest BCUT2D eigenvalue weighted by Gasteiger charge is -2.32. The van der Waals surface area contributed by atoms with Crippen LogP contribution in [-0.4, -0.2) is 119 Å². The minimum atomic E-state index is -1.01. The van der Waals surface area contributed by atoms with Crippen molar-refractivity contribution in [2.75, 3.05) is 39.8 Å². The molecule has 3 fully saturated rings. The van der Waals surface area contributed by atoms with E-state index in [4.69, 9.17) is 5.84 Å². The van der Waals surface area contributed by atoms with Gasteiger partial charge in [-0.2, -0.15) is 0 Å². The molecule has 3 heterocycles. The number of likely N-dealkylation sites (tertiary alicyclic amines) is 3. The SMILES string of the molecule is CN[C@@H](C)C(=O)CN1CCC[C@H]1C(=O)C(=O)[C@@H]1CCCN1C(=O)[C@@H]1CCCN1C(=O)[C@H](CO)NN. The third-order valence-electron chi connectivity index (χ3n) is 7.53. The molecule has 0 aromatic rings.